The van der Waals surface area contributed by atoms with Gasteiger partial charge in [-0.3, -0.25) is 0 Å². The van der Waals surface area contributed by atoms with E-state index in [4.69, 9.17) is 9.47 Å². The van der Waals surface area contributed by atoms with E-state index in [1.165, 1.54) is 11.6 Å². The Morgan fingerprint density at radius 2 is 1.28 bits per heavy atom. The van der Waals surface area contributed by atoms with Crippen molar-refractivity contribution in [3.8, 4) is 17.2 Å². The van der Waals surface area contributed by atoms with Gasteiger partial charge < -0.3 is 9.47 Å². The van der Waals surface area contributed by atoms with Gasteiger partial charge in [0.15, 0.2) is 0 Å². The standard InChI is InChI=1S/C31H32O4S/c1-7-23(3)9-20-29(8-2)36(32,33)30-21-18-28(19-22-30)35-27-16-12-25(13-17-27)31(4,5)24-10-14-26(34-6)15-11-24/h7-22H,1,3H2,2,4-6H3/b20-9-,29-8+. The van der Waals surface area contributed by atoms with Crippen molar-refractivity contribution in [1.82, 2.24) is 0 Å². The molecule has 0 saturated heterocycles. The lowest BCUT2D eigenvalue weighted by atomic mass is 9.78. The fourth-order valence-corrected chi connectivity index (χ4v) is 5.00. The highest BCUT2D eigenvalue weighted by Crippen LogP contribution is 2.34. The van der Waals surface area contributed by atoms with E-state index in [2.05, 4.69) is 39.1 Å². The molecule has 186 valence electrons. The van der Waals surface area contributed by atoms with E-state index >= 15 is 0 Å². The van der Waals surface area contributed by atoms with Crippen LogP contribution < -0.4 is 9.47 Å². The predicted molar refractivity (Wildman–Crippen MR) is 147 cm³/mol. The Labute approximate surface area is 214 Å². The van der Waals surface area contributed by atoms with Crippen molar-refractivity contribution in [2.24, 2.45) is 0 Å². The zero-order chi connectivity index (χ0) is 26.3. The number of benzene rings is 3. The normalized spacial score (nSPS) is 12.4. The van der Waals surface area contributed by atoms with Crippen LogP contribution in [0.1, 0.15) is 31.9 Å². The molecule has 3 rings (SSSR count). The van der Waals surface area contributed by atoms with Crippen LogP contribution in [-0.2, 0) is 15.3 Å². The number of methoxy groups -OCH3 is 1. The summed E-state index contributed by atoms with van der Waals surface area (Å²) in [5.74, 6) is 2.04. The molecule has 36 heavy (non-hydrogen) atoms. The molecule has 0 aromatic heterocycles. The Kier molecular flexibility index (Phi) is 8.38. The highest BCUT2D eigenvalue weighted by Gasteiger charge is 2.23. The minimum atomic E-state index is -3.66. The molecule has 0 fully saturated rings. The van der Waals surface area contributed by atoms with Gasteiger partial charge >= 0.3 is 0 Å². The second-order valence-electron chi connectivity index (χ2n) is 8.76. The van der Waals surface area contributed by atoms with Gasteiger partial charge in [-0.05, 0) is 78.2 Å². The van der Waals surface area contributed by atoms with Crippen molar-refractivity contribution in [3.05, 3.63) is 132 Å². The largest absolute Gasteiger partial charge is 0.497 e. The fraction of sp³-hybridized carbons (Fsp3) is 0.161. The number of sulfone groups is 1. The summed E-state index contributed by atoms with van der Waals surface area (Å²) >= 11 is 0. The van der Waals surface area contributed by atoms with Crippen LogP contribution in [0.3, 0.4) is 0 Å². The third kappa shape index (κ3) is 6.04. The highest BCUT2D eigenvalue weighted by atomic mass is 32.2. The van der Waals surface area contributed by atoms with Crippen molar-refractivity contribution in [2.45, 2.75) is 31.1 Å². The van der Waals surface area contributed by atoms with Crippen LogP contribution >= 0.6 is 0 Å². The topological polar surface area (TPSA) is 52.6 Å². The number of allylic oxidation sites excluding steroid dienone is 5. The summed E-state index contributed by atoms with van der Waals surface area (Å²) in [5.41, 5.74) is 2.76. The van der Waals surface area contributed by atoms with Crippen molar-refractivity contribution < 1.29 is 17.9 Å². The van der Waals surface area contributed by atoms with Crippen LogP contribution in [0.2, 0.25) is 0 Å². The molecule has 0 aliphatic heterocycles. The third-order valence-electron chi connectivity index (χ3n) is 6.08. The van der Waals surface area contributed by atoms with Crippen molar-refractivity contribution in [2.75, 3.05) is 7.11 Å². The van der Waals surface area contributed by atoms with Crippen LogP contribution in [-0.4, -0.2) is 15.5 Å². The lowest BCUT2D eigenvalue weighted by Crippen LogP contribution is -2.18. The van der Waals surface area contributed by atoms with Crippen molar-refractivity contribution >= 4 is 9.84 Å². The van der Waals surface area contributed by atoms with Crippen LogP contribution in [0.5, 0.6) is 17.2 Å². The molecule has 0 amide bonds. The van der Waals surface area contributed by atoms with Gasteiger partial charge in [0.25, 0.3) is 0 Å². The van der Waals surface area contributed by atoms with Gasteiger partial charge in [-0.15, -0.1) is 0 Å². The molecule has 0 radical (unpaired) electrons. The van der Waals surface area contributed by atoms with Crippen LogP contribution in [0.25, 0.3) is 0 Å². The summed E-state index contributed by atoms with van der Waals surface area (Å²) in [6, 6.07) is 22.4. The molecule has 5 heteroatoms. The molecular formula is C31H32O4S. The Morgan fingerprint density at radius 3 is 1.72 bits per heavy atom. The molecular weight excluding hydrogens is 468 g/mol. The average Bonchev–Trinajstić information content (AvgIpc) is 2.89. The lowest BCUT2D eigenvalue weighted by Gasteiger charge is -2.26. The maximum Gasteiger partial charge on any atom is 0.206 e. The molecule has 0 N–H and O–H groups in total. The summed E-state index contributed by atoms with van der Waals surface area (Å²) < 4.78 is 37.2. The molecule has 0 aliphatic rings. The molecule has 0 unspecified atom stereocenters. The van der Waals surface area contributed by atoms with Gasteiger partial charge in [0.05, 0.1) is 16.9 Å². The Hall–Kier alpha value is -3.83. The van der Waals surface area contributed by atoms with Crippen molar-refractivity contribution in [1.29, 1.82) is 0 Å². The zero-order valence-electron chi connectivity index (χ0n) is 21.2. The second kappa shape index (κ2) is 11.3. The van der Waals surface area contributed by atoms with Crippen LogP contribution in [0.15, 0.2) is 126 Å². The Bertz CT molecular complexity index is 1370. The molecule has 0 aliphatic carbocycles. The second-order valence-corrected chi connectivity index (χ2v) is 10.7. The summed E-state index contributed by atoms with van der Waals surface area (Å²) in [6.45, 7) is 13.4. The van der Waals surface area contributed by atoms with E-state index in [0.717, 1.165) is 11.3 Å². The first-order chi connectivity index (χ1) is 17.1. The average molecular weight is 501 g/mol. The van der Waals surface area contributed by atoms with Gasteiger partial charge in [0.1, 0.15) is 17.2 Å². The van der Waals surface area contributed by atoms with Crippen molar-refractivity contribution in [3.63, 3.8) is 0 Å². The molecule has 3 aromatic rings. The Balaban J connectivity index is 1.74. The first-order valence-corrected chi connectivity index (χ1v) is 13.0. The van der Waals surface area contributed by atoms with E-state index < -0.39 is 9.84 Å². The number of hydrogen-bond acceptors (Lipinski definition) is 4. The SMILES string of the molecule is C=CC(=C)/C=C\C(=C/C)S(=O)(=O)c1ccc(Oc2ccc(C(C)(C)c3ccc(OC)cc3)cc2)cc1. The lowest BCUT2D eigenvalue weighted by molar-refractivity contribution is 0.414. The maximum atomic E-state index is 13.0. The highest BCUT2D eigenvalue weighted by molar-refractivity contribution is 7.95. The van der Waals surface area contributed by atoms with Crippen LogP contribution in [0, 0.1) is 0 Å². The van der Waals surface area contributed by atoms with Gasteiger partial charge in [0, 0.05) is 5.41 Å². The molecule has 0 bridgehead atoms. The minimum Gasteiger partial charge on any atom is -0.497 e. The van der Waals surface area contributed by atoms with Gasteiger partial charge in [-0.2, -0.15) is 0 Å². The molecule has 0 saturated carbocycles. The zero-order valence-corrected chi connectivity index (χ0v) is 22.0. The third-order valence-corrected chi connectivity index (χ3v) is 7.96. The fourth-order valence-electron chi connectivity index (χ4n) is 3.67. The summed E-state index contributed by atoms with van der Waals surface area (Å²) in [5, 5.41) is 0. The minimum absolute atomic E-state index is 0.188. The predicted octanol–water partition coefficient (Wildman–Crippen LogP) is 7.79. The summed E-state index contributed by atoms with van der Waals surface area (Å²) in [6.07, 6.45) is 6.27. The summed E-state index contributed by atoms with van der Waals surface area (Å²) in [4.78, 5) is 0.377. The van der Waals surface area contributed by atoms with E-state index in [-0.39, 0.29) is 15.2 Å². The molecule has 0 spiro atoms. The maximum absolute atomic E-state index is 13.0. The van der Waals surface area contributed by atoms with Gasteiger partial charge in [-0.1, -0.05) is 69.5 Å². The van der Waals surface area contributed by atoms with E-state index in [1.807, 2.05) is 36.4 Å². The van der Waals surface area contributed by atoms with E-state index in [0.29, 0.717) is 17.1 Å². The molecule has 0 heterocycles. The summed E-state index contributed by atoms with van der Waals surface area (Å²) in [7, 11) is -2.00. The quantitative estimate of drug-likeness (QED) is 0.267. The van der Waals surface area contributed by atoms with Crippen LogP contribution in [0.4, 0.5) is 0 Å². The molecule has 4 nitrogen and oxygen atoms in total. The Morgan fingerprint density at radius 1 is 0.806 bits per heavy atom. The molecule has 3 aromatic carbocycles. The van der Waals surface area contributed by atoms with Gasteiger partial charge in [0.2, 0.25) is 9.84 Å². The van der Waals surface area contributed by atoms with E-state index in [1.54, 1.807) is 56.5 Å². The van der Waals surface area contributed by atoms with E-state index in [9.17, 15) is 8.42 Å². The molecule has 0 atom stereocenters. The first kappa shape index (κ1) is 26.8. The number of rotatable bonds is 10. The first-order valence-electron chi connectivity index (χ1n) is 11.6. The smallest absolute Gasteiger partial charge is 0.206 e. The monoisotopic (exact) mass is 500 g/mol. The number of hydrogen-bond donors (Lipinski definition) is 0. The van der Waals surface area contributed by atoms with Gasteiger partial charge in [-0.25, -0.2) is 8.42 Å². The number of ether oxygens (including phenoxy) is 2.